The number of benzene rings is 1. The molecule has 114 valence electrons. The van der Waals surface area contributed by atoms with Gasteiger partial charge in [0.05, 0.1) is 0 Å². The van der Waals surface area contributed by atoms with Crippen LogP contribution in [0.25, 0.3) is 0 Å². The number of carbonyl (C=O) groups is 1. The summed E-state index contributed by atoms with van der Waals surface area (Å²) in [6.45, 7) is 1.41. The first kappa shape index (κ1) is 14.4. The summed E-state index contributed by atoms with van der Waals surface area (Å²) in [5.41, 5.74) is 7.17. The number of nitrogens with one attached hydrogen (secondary N) is 2. The van der Waals surface area contributed by atoms with Crippen LogP contribution in [0.3, 0.4) is 0 Å². The van der Waals surface area contributed by atoms with Crippen molar-refractivity contribution in [3.05, 3.63) is 35.5 Å². The molecule has 2 amide bonds. The number of urea groups is 1. The summed E-state index contributed by atoms with van der Waals surface area (Å²) in [7, 11) is 0. The maximum absolute atomic E-state index is 11.9. The molecule has 0 radical (unpaired) electrons. The van der Waals surface area contributed by atoms with E-state index in [1.54, 1.807) is 11.0 Å². The van der Waals surface area contributed by atoms with Gasteiger partial charge in [0.1, 0.15) is 11.0 Å². The molecular weight excluding hydrogens is 304 g/mol. The first-order chi connectivity index (χ1) is 10.6. The van der Waals surface area contributed by atoms with Crippen molar-refractivity contribution in [2.24, 2.45) is 0 Å². The molecule has 1 aromatic heterocycles. The van der Waals surface area contributed by atoms with Crippen molar-refractivity contribution in [1.82, 2.24) is 15.3 Å². The second-order valence-electron chi connectivity index (χ2n) is 4.85. The highest BCUT2D eigenvalue weighted by molar-refractivity contribution is 6.29. The Morgan fingerprint density at radius 2 is 2.18 bits per heavy atom. The minimum atomic E-state index is -0.0854. The first-order valence-corrected chi connectivity index (χ1v) is 7.22. The van der Waals surface area contributed by atoms with E-state index >= 15 is 0 Å². The minimum Gasteiger partial charge on any atom is -0.368 e. The third-order valence-electron chi connectivity index (χ3n) is 3.22. The zero-order chi connectivity index (χ0) is 15.5. The van der Waals surface area contributed by atoms with E-state index in [1.807, 2.05) is 24.3 Å². The molecule has 8 heteroatoms. The van der Waals surface area contributed by atoms with Gasteiger partial charge in [0.25, 0.3) is 0 Å². The van der Waals surface area contributed by atoms with Crippen LogP contribution in [0.2, 0.25) is 5.15 Å². The Morgan fingerprint density at radius 1 is 1.32 bits per heavy atom. The lowest BCUT2D eigenvalue weighted by atomic mass is 10.2. The van der Waals surface area contributed by atoms with Crippen molar-refractivity contribution in [2.75, 3.05) is 29.0 Å². The van der Waals surface area contributed by atoms with E-state index < -0.39 is 0 Å². The van der Waals surface area contributed by atoms with Crippen LogP contribution in [0.4, 0.5) is 27.9 Å². The maximum Gasteiger partial charge on any atom is 0.321 e. The van der Waals surface area contributed by atoms with Gasteiger partial charge in [-0.25, -0.2) is 9.78 Å². The molecule has 22 heavy (non-hydrogen) atoms. The fourth-order valence-electron chi connectivity index (χ4n) is 2.27. The zero-order valence-electron chi connectivity index (χ0n) is 11.7. The molecule has 4 N–H and O–H groups in total. The SMILES string of the molecule is Nc1nc(Cl)cc(Nc2cccc(N3CCCNC3=O)c2)n1. The topological polar surface area (TPSA) is 96.2 Å². The van der Waals surface area contributed by atoms with Crippen molar-refractivity contribution in [2.45, 2.75) is 6.42 Å². The smallest absolute Gasteiger partial charge is 0.321 e. The standard InChI is InChI=1S/C14H15ClN6O/c15-11-8-12(20-13(16)19-11)18-9-3-1-4-10(7-9)21-6-2-5-17-14(21)22/h1,3-4,7-8H,2,5-6H2,(H,17,22)(H3,16,18,19,20). The normalized spacial score (nSPS) is 14.6. The second kappa shape index (κ2) is 6.07. The van der Waals surface area contributed by atoms with E-state index in [0.717, 1.165) is 17.8 Å². The minimum absolute atomic E-state index is 0.0854. The number of hydrogen-bond acceptors (Lipinski definition) is 5. The number of anilines is 4. The predicted molar refractivity (Wildman–Crippen MR) is 86.5 cm³/mol. The highest BCUT2D eigenvalue weighted by Gasteiger charge is 2.19. The number of carbonyl (C=O) groups excluding carboxylic acids is 1. The predicted octanol–water partition coefficient (Wildman–Crippen LogP) is 2.38. The van der Waals surface area contributed by atoms with Gasteiger partial charge in [-0.1, -0.05) is 17.7 Å². The van der Waals surface area contributed by atoms with Gasteiger partial charge >= 0.3 is 6.03 Å². The van der Waals surface area contributed by atoms with Crippen molar-refractivity contribution in [3.8, 4) is 0 Å². The molecular formula is C14H15ClN6O. The average molecular weight is 319 g/mol. The van der Waals surface area contributed by atoms with E-state index in [1.165, 1.54) is 0 Å². The molecule has 0 saturated carbocycles. The van der Waals surface area contributed by atoms with E-state index in [9.17, 15) is 4.79 Å². The summed E-state index contributed by atoms with van der Waals surface area (Å²) in [5.74, 6) is 0.597. The summed E-state index contributed by atoms with van der Waals surface area (Å²) in [5, 5.41) is 6.20. The molecule has 2 heterocycles. The summed E-state index contributed by atoms with van der Waals surface area (Å²) in [4.78, 5) is 21.5. The number of nitrogen functional groups attached to an aromatic ring is 1. The number of amides is 2. The van der Waals surface area contributed by atoms with Gasteiger partial charge in [-0.05, 0) is 24.6 Å². The Morgan fingerprint density at radius 3 is 2.95 bits per heavy atom. The molecule has 0 aliphatic carbocycles. The average Bonchev–Trinajstić information content (AvgIpc) is 2.47. The van der Waals surface area contributed by atoms with Crippen LogP contribution in [0, 0.1) is 0 Å². The number of hydrogen-bond donors (Lipinski definition) is 3. The number of aromatic nitrogens is 2. The van der Waals surface area contributed by atoms with Crippen LogP contribution in [0.5, 0.6) is 0 Å². The Labute approximate surface area is 132 Å². The molecule has 1 aromatic carbocycles. The van der Waals surface area contributed by atoms with Crippen molar-refractivity contribution in [1.29, 1.82) is 0 Å². The van der Waals surface area contributed by atoms with Gasteiger partial charge in [0.15, 0.2) is 0 Å². The van der Waals surface area contributed by atoms with E-state index in [2.05, 4.69) is 20.6 Å². The van der Waals surface area contributed by atoms with E-state index in [4.69, 9.17) is 17.3 Å². The van der Waals surface area contributed by atoms with Crippen molar-refractivity contribution < 1.29 is 4.79 Å². The summed E-state index contributed by atoms with van der Waals surface area (Å²) >= 11 is 5.86. The molecule has 7 nitrogen and oxygen atoms in total. The molecule has 1 aliphatic heterocycles. The Hall–Kier alpha value is -2.54. The Kier molecular flexibility index (Phi) is 3.97. The van der Waals surface area contributed by atoms with Crippen LogP contribution in [0.1, 0.15) is 6.42 Å². The third kappa shape index (κ3) is 3.20. The van der Waals surface area contributed by atoms with Gasteiger partial charge in [-0.15, -0.1) is 0 Å². The van der Waals surface area contributed by atoms with Gasteiger partial charge < -0.3 is 16.4 Å². The Bertz CT molecular complexity index is 687. The number of nitrogens with two attached hydrogens (primary N) is 1. The van der Waals surface area contributed by atoms with Crippen LogP contribution in [-0.2, 0) is 0 Å². The van der Waals surface area contributed by atoms with Crippen LogP contribution in [-0.4, -0.2) is 29.1 Å². The van der Waals surface area contributed by atoms with Crippen LogP contribution in [0.15, 0.2) is 30.3 Å². The maximum atomic E-state index is 11.9. The summed E-state index contributed by atoms with van der Waals surface area (Å²) in [6, 6.07) is 8.99. The van der Waals surface area contributed by atoms with Crippen LogP contribution < -0.4 is 21.3 Å². The van der Waals surface area contributed by atoms with Gasteiger partial charge in [0, 0.05) is 30.5 Å². The highest BCUT2D eigenvalue weighted by Crippen LogP contribution is 2.24. The molecule has 2 aromatic rings. The number of halogens is 1. The van der Waals surface area contributed by atoms with E-state index in [0.29, 0.717) is 18.9 Å². The first-order valence-electron chi connectivity index (χ1n) is 6.84. The fourth-order valence-corrected chi connectivity index (χ4v) is 2.46. The molecule has 0 bridgehead atoms. The van der Waals surface area contributed by atoms with Crippen molar-refractivity contribution in [3.63, 3.8) is 0 Å². The third-order valence-corrected chi connectivity index (χ3v) is 3.42. The molecule has 3 rings (SSSR count). The summed E-state index contributed by atoms with van der Waals surface area (Å²) in [6.07, 6.45) is 0.918. The molecule has 1 aliphatic rings. The quantitative estimate of drug-likeness (QED) is 0.755. The van der Waals surface area contributed by atoms with Gasteiger partial charge in [-0.3, -0.25) is 4.90 Å². The van der Waals surface area contributed by atoms with Gasteiger partial charge in [0.2, 0.25) is 5.95 Å². The highest BCUT2D eigenvalue weighted by atomic mass is 35.5. The number of rotatable bonds is 3. The van der Waals surface area contributed by atoms with E-state index in [-0.39, 0.29) is 17.1 Å². The molecule has 1 saturated heterocycles. The zero-order valence-corrected chi connectivity index (χ0v) is 12.5. The van der Waals surface area contributed by atoms with Crippen LogP contribution >= 0.6 is 11.6 Å². The molecule has 0 spiro atoms. The lowest BCUT2D eigenvalue weighted by Crippen LogP contribution is -2.46. The molecule has 0 unspecified atom stereocenters. The number of nitrogens with zero attached hydrogens (tertiary/aromatic N) is 3. The lowest BCUT2D eigenvalue weighted by Gasteiger charge is -2.27. The van der Waals surface area contributed by atoms with Crippen molar-refractivity contribution >= 4 is 40.8 Å². The summed E-state index contributed by atoms with van der Waals surface area (Å²) < 4.78 is 0. The Balaban J connectivity index is 1.83. The lowest BCUT2D eigenvalue weighted by molar-refractivity contribution is 0.243. The fraction of sp³-hybridized carbons (Fsp3) is 0.214. The second-order valence-corrected chi connectivity index (χ2v) is 5.23. The molecule has 0 atom stereocenters. The monoisotopic (exact) mass is 318 g/mol. The largest absolute Gasteiger partial charge is 0.368 e. The molecule has 1 fully saturated rings. The van der Waals surface area contributed by atoms with Gasteiger partial charge in [-0.2, -0.15) is 4.98 Å².